The first-order chi connectivity index (χ1) is 9.28. The third-order valence-corrected chi connectivity index (χ3v) is 3.67. The van der Waals surface area contributed by atoms with E-state index in [1.165, 1.54) is 10.9 Å². The summed E-state index contributed by atoms with van der Waals surface area (Å²) >= 11 is 3.52. The molecule has 5 heteroatoms. The molecule has 4 nitrogen and oxygen atoms in total. The van der Waals surface area contributed by atoms with Crippen LogP contribution in [0.4, 0.5) is 0 Å². The van der Waals surface area contributed by atoms with Crippen LogP contribution in [0.25, 0.3) is 10.9 Å². The van der Waals surface area contributed by atoms with Crippen LogP contribution < -0.4 is 0 Å². The fraction of sp³-hybridized carbons (Fsp3) is 0.286. The van der Waals surface area contributed by atoms with E-state index in [2.05, 4.69) is 68.0 Å². The van der Waals surface area contributed by atoms with Crippen LogP contribution in [0.15, 0.2) is 41.3 Å². The maximum atomic E-state index is 4.36. The maximum absolute atomic E-state index is 4.36. The lowest BCUT2D eigenvalue weighted by molar-refractivity contribution is 0.557. The number of halogens is 1. The Hall–Kier alpha value is -1.62. The smallest absolute Gasteiger partial charge is 0.146 e. The van der Waals surface area contributed by atoms with Gasteiger partial charge in [-0.3, -0.25) is 0 Å². The van der Waals surface area contributed by atoms with Gasteiger partial charge in [-0.05, 0) is 30.0 Å². The molecular weight excluding hydrogens is 304 g/mol. The molecule has 0 bridgehead atoms. The predicted molar refractivity (Wildman–Crippen MR) is 79.1 cm³/mol. The summed E-state index contributed by atoms with van der Waals surface area (Å²) in [6.07, 6.45) is 4.79. The van der Waals surface area contributed by atoms with E-state index in [4.69, 9.17) is 0 Å². The zero-order valence-electron chi connectivity index (χ0n) is 10.8. The van der Waals surface area contributed by atoms with Crippen molar-refractivity contribution in [1.82, 2.24) is 19.3 Å². The largest absolute Gasteiger partial charge is 0.340 e. The van der Waals surface area contributed by atoms with Gasteiger partial charge >= 0.3 is 0 Å². The molecule has 0 radical (unpaired) electrons. The summed E-state index contributed by atoms with van der Waals surface area (Å²) in [5.41, 5.74) is 1.21. The van der Waals surface area contributed by atoms with E-state index >= 15 is 0 Å². The van der Waals surface area contributed by atoms with Crippen molar-refractivity contribution in [2.45, 2.75) is 26.4 Å². The lowest BCUT2D eigenvalue weighted by Gasteiger charge is -2.07. The molecule has 3 aromatic rings. The standard InChI is InChI=1S/C14H15BrN4/c1-2-6-19-14(16-10-17-19)9-18-7-5-11-3-4-12(15)8-13(11)18/h3-5,7-8,10H,2,6,9H2,1H3. The second-order valence-corrected chi connectivity index (χ2v) is 5.46. The Morgan fingerprint density at radius 2 is 2.16 bits per heavy atom. The minimum absolute atomic E-state index is 0.750. The van der Waals surface area contributed by atoms with E-state index in [0.29, 0.717) is 0 Å². The molecule has 19 heavy (non-hydrogen) atoms. The molecule has 0 N–H and O–H groups in total. The van der Waals surface area contributed by atoms with Crippen LogP contribution in [-0.2, 0) is 13.1 Å². The van der Waals surface area contributed by atoms with Gasteiger partial charge in [-0.25, -0.2) is 9.67 Å². The van der Waals surface area contributed by atoms with Crippen LogP contribution in [0.2, 0.25) is 0 Å². The average Bonchev–Trinajstić information content (AvgIpc) is 2.99. The molecule has 0 atom stereocenters. The predicted octanol–water partition coefficient (Wildman–Crippen LogP) is 3.45. The molecule has 0 aliphatic rings. The van der Waals surface area contributed by atoms with Crippen LogP contribution in [0.1, 0.15) is 19.2 Å². The topological polar surface area (TPSA) is 35.6 Å². The molecule has 0 saturated heterocycles. The number of benzene rings is 1. The van der Waals surface area contributed by atoms with Gasteiger partial charge in [-0.1, -0.05) is 28.9 Å². The van der Waals surface area contributed by atoms with Gasteiger partial charge in [0.05, 0.1) is 6.54 Å². The second kappa shape index (κ2) is 5.17. The summed E-state index contributed by atoms with van der Waals surface area (Å²) in [5.74, 6) is 0.999. The Kier molecular flexibility index (Phi) is 3.38. The molecule has 0 amide bonds. The zero-order valence-corrected chi connectivity index (χ0v) is 12.3. The van der Waals surface area contributed by atoms with Gasteiger partial charge in [0.25, 0.3) is 0 Å². The summed E-state index contributed by atoms with van der Waals surface area (Å²) in [5, 5.41) is 5.51. The summed E-state index contributed by atoms with van der Waals surface area (Å²) in [6, 6.07) is 8.44. The molecule has 98 valence electrons. The number of aromatic nitrogens is 4. The van der Waals surface area contributed by atoms with Crippen LogP contribution in [0.3, 0.4) is 0 Å². The van der Waals surface area contributed by atoms with E-state index in [9.17, 15) is 0 Å². The Bertz CT molecular complexity index is 698. The van der Waals surface area contributed by atoms with Crippen molar-refractivity contribution in [1.29, 1.82) is 0 Å². The lowest BCUT2D eigenvalue weighted by atomic mass is 10.2. The highest BCUT2D eigenvalue weighted by Crippen LogP contribution is 2.21. The van der Waals surface area contributed by atoms with Crippen molar-refractivity contribution >= 4 is 26.8 Å². The van der Waals surface area contributed by atoms with Crippen molar-refractivity contribution < 1.29 is 0 Å². The number of hydrogen-bond acceptors (Lipinski definition) is 2. The van der Waals surface area contributed by atoms with E-state index in [1.54, 1.807) is 6.33 Å². The number of hydrogen-bond donors (Lipinski definition) is 0. The first-order valence-corrected chi connectivity index (χ1v) is 7.18. The third kappa shape index (κ3) is 2.42. The van der Waals surface area contributed by atoms with Gasteiger partial charge < -0.3 is 4.57 Å². The number of fused-ring (bicyclic) bond motifs is 1. The summed E-state index contributed by atoms with van der Waals surface area (Å²) in [6.45, 7) is 3.81. The van der Waals surface area contributed by atoms with Crippen molar-refractivity contribution in [2.75, 3.05) is 0 Å². The highest BCUT2D eigenvalue weighted by atomic mass is 79.9. The molecule has 1 aromatic carbocycles. The first-order valence-electron chi connectivity index (χ1n) is 6.39. The van der Waals surface area contributed by atoms with E-state index in [0.717, 1.165) is 29.8 Å². The normalized spacial score (nSPS) is 11.3. The van der Waals surface area contributed by atoms with Crippen molar-refractivity contribution in [3.63, 3.8) is 0 Å². The van der Waals surface area contributed by atoms with Gasteiger partial charge in [0.15, 0.2) is 0 Å². The fourth-order valence-electron chi connectivity index (χ4n) is 2.26. The van der Waals surface area contributed by atoms with Crippen LogP contribution in [-0.4, -0.2) is 19.3 Å². The second-order valence-electron chi connectivity index (χ2n) is 4.55. The minimum atomic E-state index is 0.750. The molecule has 0 unspecified atom stereocenters. The Labute approximate surface area is 120 Å². The van der Waals surface area contributed by atoms with E-state index < -0.39 is 0 Å². The molecule has 3 rings (SSSR count). The molecule has 0 aliphatic heterocycles. The van der Waals surface area contributed by atoms with Crippen LogP contribution in [0, 0.1) is 0 Å². The quantitative estimate of drug-likeness (QED) is 0.738. The average molecular weight is 319 g/mol. The maximum Gasteiger partial charge on any atom is 0.146 e. The third-order valence-electron chi connectivity index (χ3n) is 3.18. The van der Waals surface area contributed by atoms with E-state index in [1.807, 2.05) is 4.68 Å². The summed E-state index contributed by atoms with van der Waals surface area (Å²) in [7, 11) is 0. The lowest BCUT2D eigenvalue weighted by Crippen LogP contribution is -2.09. The highest BCUT2D eigenvalue weighted by molar-refractivity contribution is 9.10. The Balaban J connectivity index is 1.96. The summed E-state index contributed by atoms with van der Waals surface area (Å²) in [4.78, 5) is 4.36. The SMILES string of the molecule is CCCn1ncnc1Cn1ccc2ccc(Br)cc21. The number of rotatable bonds is 4. The summed E-state index contributed by atoms with van der Waals surface area (Å²) < 4.78 is 5.27. The molecule has 0 fully saturated rings. The Morgan fingerprint density at radius 3 is 3.00 bits per heavy atom. The molecular formula is C14H15BrN4. The van der Waals surface area contributed by atoms with Gasteiger partial charge in [0.1, 0.15) is 12.2 Å². The Morgan fingerprint density at radius 1 is 1.26 bits per heavy atom. The highest BCUT2D eigenvalue weighted by Gasteiger charge is 2.07. The van der Waals surface area contributed by atoms with Crippen molar-refractivity contribution in [2.24, 2.45) is 0 Å². The fourth-order valence-corrected chi connectivity index (χ4v) is 2.61. The van der Waals surface area contributed by atoms with Crippen LogP contribution in [0.5, 0.6) is 0 Å². The van der Waals surface area contributed by atoms with E-state index in [-0.39, 0.29) is 0 Å². The number of nitrogens with zero attached hydrogens (tertiary/aromatic N) is 4. The molecule has 2 heterocycles. The molecule has 2 aromatic heterocycles. The van der Waals surface area contributed by atoms with Crippen molar-refractivity contribution in [3.8, 4) is 0 Å². The molecule has 0 aliphatic carbocycles. The van der Waals surface area contributed by atoms with Gasteiger partial charge in [0, 0.05) is 22.7 Å². The first kappa shape index (κ1) is 12.4. The number of aryl methyl sites for hydroxylation is 1. The minimum Gasteiger partial charge on any atom is -0.340 e. The monoisotopic (exact) mass is 318 g/mol. The van der Waals surface area contributed by atoms with Crippen LogP contribution >= 0.6 is 15.9 Å². The van der Waals surface area contributed by atoms with Gasteiger partial charge in [-0.15, -0.1) is 0 Å². The van der Waals surface area contributed by atoms with Gasteiger partial charge in [0.2, 0.25) is 0 Å². The molecule has 0 spiro atoms. The zero-order chi connectivity index (χ0) is 13.2. The van der Waals surface area contributed by atoms with Crippen molar-refractivity contribution in [3.05, 3.63) is 47.1 Å². The molecule has 0 saturated carbocycles. The van der Waals surface area contributed by atoms with Gasteiger partial charge in [-0.2, -0.15) is 5.10 Å².